The summed E-state index contributed by atoms with van der Waals surface area (Å²) in [6.45, 7) is 16.9. The van der Waals surface area contributed by atoms with Crippen molar-refractivity contribution in [2.75, 3.05) is 67.6 Å². The van der Waals surface area contributed by atoms with Crippen LogP contribution in [0.5, 0.6) is 0 Å². The molecule has 0 saturated carbocycles. The van der Waals surface area contributed by atoms with Crippen molar-refractivity contribution in [3.63, 3.8) is 0 Å². The van der Waals surface area contributed by atoms with Gasteiger partial charge in [-0.2, -0.15) is 0 Å². The van der Waals surface area contributed by atoms with Crippen LogP contribution in [0.2, 0.25) is 0 Å². The lowest BCUT2D eigenvalue weighted by molar-refractivity contribution is -0.890. The van der Waals surface area contributed by atoms with Crippen LogP contribution in [-0.2, 0) is 19.1 Å². The van der Waals surface area contributed by atoms with E-state index in [-0.39, 0.29) is 11.9 Å². The Bertz CT molecular complexity index is 767. The average Bonchev–Trinajstić information content (AvgIpc) is 3.02. The highest BCUT2D eigenvalue weighted by molar-refractivity contribution is 5.87. The molecule has 0 aliphatic heterocycles. The molecule has 0 unspecified atom stereocenters. The van der Waals surface area contributed by atoms with Crippen molar-refractivity contribution in [1.29, 1.82) is 0 Å². The van der Waals surface area contributed by atoms with E-state index in [1.165, 1.54) is 164 Å². The van der Waals surface area contributed by atoms with Crippen LogP contribution in [0.1, 0.15) is 168 Å². The second-order valence-electron chi connectivity index (χ2n) is 16.1. The minimum atomic E-state index is -0.260. The first kappa shape index (κ1) is 46.3. The SMILES string of the molecule is C=C(C)C(=O)OCCCCCCCCCCC[N+](C)(C)CCCCCCCC[N+](C)(C)CCCCCCCCCCCOC(=O)C(=C)C. The van der Waals surface area contributed by atoms with Crippen molar-refractivity contribution in [2.45, 2.75) is 168 Å². The van der Waals surface area contributed by atoms with Gasteiger partial charge in [-0.25, -0.2) is 9.59 Å². The summed E-state index contributed by atoms with van der Waals surface area (Å²) in [6, 6.07) is 0. The molecule has 0 bridgehead atoms. The van der Waals surface area contributed by atoms with Gasteiger partial charge >= 0.3 is 11.9 Å². The number of carbonyl (C=O) groups excluding carboxylic acids is 2. The van der Waals surface area contributed by atoms with Crippen LogP contribution in [0, 0.1) is 0 Å². The van der Waals surface area contributed by atoms with Gasteiger partial charge in [0, 0.05) is 11.1 Å². The summed E-state index contributed by atoms with van der Waals surface area (Å²) in [5.74, 6) is -0.520. The van der Waals surface area contributed by atoms with Crippen molar-refractivity contribution in [1.82, 2.24) is 0 Å². The first-order valence-corrected chi connectivity index (χ1v) is 20.2. The van der Waals surface area contributed by atoms with Crippen LogP contribution in [0.15, 0.2) is 24.3 Å². The Kier molecular flexibility index (Phi) is 29.1. The van der Waals surface area contributed by atoms with Gasteiger partial charge in [0.25, 0.3) is 0 Å². The molecule has 0 spiro atoms. The van der Waals surface area contributed by atoms with E-state index >= 15 is 0 Å². The largest absolute Gasteiger partial charge is 0.462 e. The Morgan fingerprint density at radius 2 is 0.562 bits per heavy atom. The summed E-state index contributed by atoms with van der Waals surface area (Å²) in [4.78, 5) is 22.7. The summed E-state index contributed by atoms with van der Waals surface area (Å²) in [5, 5.41) is 0. The quantitative estimate of drug-likeness (QED) is 0.0290. The van der Waals surface area contributed by atoms with Gasteiger partial charge in [-0.15, -0.1) is 0 Å². The monoisotopic (exact) mass is 679 g/mol. The number of quaternary nitrogens is 2. The minimum absolute atomic E-state index is 0.260. The molecular weight excluding hydrogens is 596 g/mol. The third-order valence-electron chi connectivity index (χ3n) is 9.76. The predicted octanol–water partition coefficient (Wildman–Crippen LogP) is 10.7. The standard InChI is InChI=1S/C42H82N2O4/c1-39(2)41(45)47-37-31-25-19-13-9-11-15-21-27-33-43(5,6)35-29-23-17-18-24-30-36-44(7,8)34-28-22-16-12-10-14-20-26-32-38-48-42(46)40(3)4/h1,3,9-38H2,2,4-8H3/q+2. The fraction of sp³-hybridized carbons (Fsp3) is 0.857. The van der Waals surface area contributed by atoms with Gasteiger partial charge in [-0.05, 0) is 78.1 Å². The molecule has 0 aromatic rings. The van der Waals surface area contributed by atoms with Gasteiger partial charge in [0.15, 0.2) is 0 Å². The number of esters is 2. The molecule has 0 fully saturated rings. The highest BCUT2D eigenvalue weighted by atomic mass is 16.5. The van der Waals surface area contributed by atoms with E-state index in [2.05, 4.69) is 41.3 Å². The topological polar surface area (TPSA) is 52.6 Å². The minimum Gasteiger partial charge on any atom is -0.462 e. The van der Waals surface area contributed by atoms with E-state index in [4.69, 9.17) is 9.47 Å². The predicted molar refractivity (Wildman–Crippen MR) is 206 cm³/mol. The smallest absolute Gasteiger partial charge is 0.333 e. The van der Waals surface area contributed by atoms with Crippen LogP contribution >= 0.6 is 0 Å². The second-order valence-corrected chi connectivity index (χ2v) is 16.1. The zero-order chi connectivity index (χ0) is 35.9. The number of hydrogen-bond donors (Lipinski definition) is 0. The Hall–Kier alpha value is -1.66. The normalized spacial score (nSPS) is 11.9. The third kappa shape index (κ3) is 31.6. The lowest BCUT2D eigenvalue weighted by Crippen LogP contribution is -2.41. The number of ether oxygens (including phenoxy) is 2. The summed E-state index contributed by atoms with van der Waals surface area (Å²) < 4.78 is 12.7. The van der Waals surface area contributed by atoms with Crippen LogP contribution < -0.4 is 0 Å². The summed E-state index contributed by atoms with van der Waals surface area (Å²) in [7, 11) is 9.69. The molecule has 0 heterocycles. The molecule has 48 heavy (non-hydrogen) atoms. The first-order chi connectivity index (χ1) is 22.9. The van der Waals surface area contributed by atoms with Crippen LogP contribution in [0.4, 0.5) is 0 Å². The Morgan fingerprint density at radius 1 is 0.375 bits per heavy atom. The maximum Gasteiger partial charge on any atom is 0.333 e. The lowest BCUT2D eigenvalue weighted by Gasteiger charge is -2.30. The van der Waals surface area contributed by atoms with E-state index in [1.807, 2.05) is 0 Å². The van der Waals surface area contributed by atoms with Gasteiger partial charge in [0.1, 0.15) is 0 Å². The highest BCUT2D eigenvalue weighted by Gasteiger charge is 2.15. The molecule has 0 aliphatic rings. The van der Waals surface area contributed by atoms with Gasteiger partial charge in [0.05, 0.1) is 67.6 Å². The fourth-order valence-corrected chi connectivity index (χ4v) is 6.35. The Balaban J connectivity index is 3.51. The fourth-order valence-electron chi connectivity index (χ4n) is 6.35. The van der Waals surface area contributed by atoms with Crippen molar-refractivity contribution < 1.29 is 28.0 Å². The maximum absolute atomic E-state index is 11.4. The van der Waals surface area contributed by atoms with Crippen molar-refractivity contribution in [3.8, 4) is 0 Å². The summed E-state index contributed by atoms with van der Waals surface area (Å²) in [5.41, 5.74) is 0.973. The molecule has 0 aromatic carbocycles. The first-order valence-electron chi connectivity index (χ1n) is 20.2. The average molecular weight is 679 g/mol. The number of carbonyl (C=O) groups is 2. The molecule has 0 amide bonds. The van der Waals surface area contributed by atoms with Gasteiger partial charge in [-0.1, -0.05) is 103 Å². The molecule has 0 aliphatic carbocycles. The van der Waals surface area contributed by atoms with Gasteiger partial charge in [-0.3, -0.25) is 0 Å². The molecule has 0 aromatic heterocycles. The number of hydrogen-bond acceptors (Lipinski definition) is 4. The van der Waals surface area contributed by atoms with Crippen LogP contribution in [0.25, 0.3) is 0 Å². The maximum atomic E-state index is 11.4. The van der Waals surface area contributed by atoms with Crippen molar-refractivity contribution in [3.05, 3.63) is 24.3 Å². The summed E-state index contributed by atoms with van der Waals surface area (Å²) in [6.07, 6.45) is 31.2. The molecule has 0 N–H and O–H groups in total. The number of nitrogens with zero attached hydrogens (tertiary/aromatic N) is 2. The molecular formula is C42H82N2O4+2. The van der Waals surface area contributed by atoms with Crippen molar-refractivity contribution in [2.24, 2.45) is 0 Å². The zero-order valence-electron chi connectivity index (χ0n) is 33.2. The molecule has 0 rings (SSSR count). The van der Waals surface area contributed by atoms with E-state index < -0.39 is 0 Å². The summed E-state index contributed by atoms with van der Waals surface area (Å²) >= 11 is 0. The third-order valence-corrected chi connectivity index (χ3v) is 9.76. The molecule has 0 atom stereocenters. The lowest BCUT2D eigenvalue weighted by atomic mass is 10.1. The van der Waals surface area contributed by atoms with Crippen LogP contribution in [-0.4, -0.2) is 88.5 Å². The van der Waals surface area contributed by atoms with Crippen LogP contribution in [0.3, 0.4) is 0 Å². The van der Waals surface area contributed by atoms with Gasteiger partial charge in [0.2, 0.25) is 0 Å². The van der Waals surface area contributed by atoms with Crippen molar-refractivity contribution >= 4 is 11.9 Å². The van der Waals surface area contributed by atoms with E-state index in [0.717, 1.165) is 25.7 Å². The van der Waals surface area contributed by atoms with E-state index in [0.29, 0.717) is 24.4 Å². The molecule has 282 valence electrons. The molecule has 6 nitrogen and oxygen atoms in total. The molecule has 6 heteroatoms. The second kappa shape index (κ2) is 30.2. The number of unbranched alkanes of at least 4 members (excludes halogenated alkanes) is 21. The molecule has 0 saturated heterocycles. The van der Waals surface area contributed by atoms with Gasteiger partial charge < -0.3 is 18.4 Å². The van der Waals surface area contributed by atoms with E-state index in [9.17, 15) is 9.59 Å². The highest BCUT2D eigenvalue weighted by Crippen LogP contribution is 2.15. The van der Waals surface area contributed by atoms with E-state index in [1.54, 1.807) is 13.8 Å². The zero-order valence-corrected chi connectivity index (χ0v) is 33.2. The Labute approximate surface area is 299 Å². The Morgan fingerprint density at radius 3 is 0.771 bits per heavy atom. The number of rotatable bonds is 35. The molecule has 0 radical (unpaired) electrons.